The number of nitrogens with zero attached hydrogens (tertiary/aromatic N) is 3. The Morgan fingerprint density at radius 2 is 1.96 bits per heavy atom. The van der Waals surface area contributed by atoms with E-state index in [1.807, 2.05) is 17.5 Å². The van der Waals surface area contributed by atoms with E-state index < -0.39 is 10.2 Å². The van der Waals surface area contributed by atoms with Crippen LogP contribution in [0.3, 0.4) is 0 Å². The first-order valence-electron chi connectivity index (χ1n) is 8.38. The van der Waals surface area contributed by atoms with Crippen LogP contribution in [0, 0.1) is 0 Å². The van der Waals surface area contributed by atoms with E-state index in [-0.39, 0.29) is 10.8 Å². The molecule has 1 amide bonds. The van der Waals surface area contributed by atoms with E-state index in [1.54, 1.807) is 46.2 Å². The largest absolute Gasteiger partial charge is 0.610 e. The van der Waals surface area contributed by atoms with E-state index in [0.29, 0.717) is 29.1 Å². The molecule has 0 aliphatic heterocycles. The number of carbonyl (C=O) groups excluding carboxylic acids is 1. The Morgan fingerprint density at radius 1 is 1.18 bits per heavy atom. The molecule has 0 spiro atoms. The van der Waals surface area contributed by atoms with Crippen molar-refractivity contribution in [3.63, 3.8) is 0 Å². The van der Waals surface area contributed by atoms with E-state index in [0.717, 1.165) is 11.1 Å². The molecule has 28 heavy (non-hydrogen) atoms. The van der Waals surface area contributed by atoms with Crippen molar-refractivity contribution in [2.24, 2.45) is 0 Å². The van der Waals surface area contributed by atoms with Gasteiger partial charge in [0, 0.05) is 16.6 Å². The Kier molecular flexibility index (Phi) is 4.80. The van der Waals surface area contributed by atoms with E-state index in [4.69, 9.17) is 0 Å². The third kappa shape index (κ3) is 3.72. The highest BCUT2D eigenvalue weighted by Gasteiger charge is 2.15. The van der Waals surface area contributed by atoms with Crippen molar-refractivity contribution in [1.29, 1.82) is 0 Å². The molecule has 0 bridgehead atoms. The SMILES string of the molecule is C[S+](=O)([O-])c1ccc(-c2nnc3ccc(C(=O)NCc4cccs4)cn23)cc1. The Balaban J connectivity index is 1.62. The molecule has 1 unspecified atom stereocenters. The molecule has 142 valence electrons. The molecule has 4 aromatic rings. The molecule has 0 fully saturated rings. The highest BCUT2D eigenvalue weighted by molar-refractivity contribution is 7.97. The Bertz CT molecular complexity index is 1180. The van der Waals surface area contributed by atoms with E-state index in [2.05, 4.69) is 15.5 Å². The number of hydrogen-bond donors (Lipinski definition) is 1. The van der Waals surface area contributed by atoms with Crippen LogP contribution in [0.4, 0.5) is 0 Å². The summed E-state index contributed by atoms with van der Waals surface area (Å²) in [6.07, 6.45) is 2.84. The van der Waals surface area contributed by atoms with Crippen LogP contribution < -0.4 is 5.32 Å². The summed E-state index contributed by atoms with van der Waals surface area (Å²) in [5, 5.41) is 13.2. The lowest BCUT2D eigenvalue weighted by molar-refractivity contribution is 0.0951. The number of pyridine rings is 1. The minimum atomic E-state index is -3.27. The predicted octanol–water partition coefficient (Wildman–Crippen LogP) is 3.01. The molecule has 4 rings (SSSR count). The van der Waals surface area contributed by atoms with Crippen LogP contribution in [-0.4, -0.2) is 31.3 Å². The van der Waals surface area contributed by atoms with Gasteiger partial charge in [-0.1, -0.05) is 6.07 Å². The summed E-state index contributed by atoms with van der Waals surface area (Å²) in [7, 11) is -3.27. The van der Waals surface area contributed by atoms with Gasteiger partial charge in [-0.3, -0.25) is 9.20 Å². The molecule has 1 aromatic carbocycles. The van der Waals surface area contributed by atoms with Crippen molar-refractivity contribution >= 4 is 33.1 Å². The van der Waals surface area contributed by atoms with Gasteiger partial charge in [0.15, 0.2) is 16.4 Å². The van der Waals surface area contributed by atoms with Crippen molar-refractivity contribution in [1.82, 2.24) is 19.9 Å². The lowest BCUT2D eigenvalue weighted by atomic mass is 10.2. The summed E-state index contributed by atoms with van der Waals surface area (Å²) in [5.41, 5.74) is 1.78. The number of nitrogens with one attached hydrogen (secondary N) is 1. The molecule has 1 atom stereocenters. The molecule has 0 radical (unpaired) electrons. The first kappa shape index (κ1) is 18.5. The summed E-state index contributed by atoms with van der Waals surface area (Å²) in [5.74, 6) is 0.338. The molecular weight excluding hydrogens is 396 g/mol. The second kappa shape index (κ2) is 7.27. The van der Waals surface area contributed by atoms with Gasteiger partial charge in [0.25, 0.3) is 5.91 Å². The van der Waals surface area contributed by atoms with Gasteiger partial charge in [0.1, 0.15) is 6.26 Å². The van der Waals surface area contributed by atoms with Crippen LogP contribution in [0.1, 0.15) is 15.2 Å². The van der Waals surface area contributed by atoms with Crippen molar-refractivity contribution in [3.05, 3.63) is 70.5 Å². The minimum Gasteiger partial charge on any atom is -0.610 e. The molecule has 0 saturated carbocycles. The number of benzene rings is 1. The number of carbonyl (C=O) groups is 1. The Labute approximate surface area is 166 Å². The third-order valence-corrected chi connectivity index (χ3v) is 6.21. The highest BCUT2D eigenvalue weighted by atomic mass is 32.3. The number of hydrogen-bond acceptors (Lipinski definition) is 6. The van der Waals surface area contributed by atoms with Gasteiger partial charge >= 0.3 is 0 Å². The first-order valence-corrected chi connectivity index (χ1v) is 11.1. The van der Waals surface area contributed by atoms with Crippen LogP contribution in [0.25, 0.3) is 17.0 Å². The average molecular weight is 412 g/mol. The summed E-state index contributed by atoms with van der Waals surface area (Å²) in [4.78, 5) is 13.8. The fourth-order valence-electron chi connectivity index (χ4n) is 2.76. The number of amides is 1. The molecule has 3 heterocycles. The van der Waals surface area contributed by atoms with Gasteiger partial charge in [-0.05, 0) is 47.8 Å². The molecule has 3 aromatic heterocycles. The summed E-state index contributed by atoms with van der Waals surface area (Å²) in [6.45, 7) is 0.469. The van der Waals surface area contributed by atoms with Crippen LogP contribution in [0.15, 0.2) is 65.0 Å². The van der Waals surface area contributed by atoms with Crippen molar-refractivity contribution in [3.8, 4) is 11.4 Å². The van der Waals surface area contributed by atoms with E-state index in [1.165, 1.54) is 12.1 Å². The molecule has 7 nitrogen and oxygen atoms in total. The number of sulfone groups is 1. The lowest BCUT2D eigenvalue weighted by Crippen LogP contribution is -2.22. The minimum absolute atomic E-state index is 0.192. The van der Waals surface area contributed by atoms with Gasteiger partial charge in [-0.2, -0.15) is 0 Å². The molecule has 9 heteroatoms. The quantitative estimate of drug-likeness (QED) is 0.508. The second-order valence-corrected chi connectivity index (χ2v) is 9.28. The van der Waals surface area contributed by atoms with Gasteiger partial charge < -0.3 is 9.87 Å². The van der Waals surface area contributed by atoms with E-state index in [9.17, 15) is 13.6 Å². The zero-order valence-corrected chi connectivity index (χ0v) is 16.5. The standard InChI is InChI=1S/C19H16N4O3S2/c1-28(25,26)16-7-4-13(5-8-16)18-22-21-17-9-6-14(12-23(17)18)19(24)20-11-15-3-2-10-27-15/h2-10,12H,11H2,1H3,(H-,20,24,25,26). The predicted molar refractivity (Wildman–Crippen MR) is 107 cm³/mol. The monoisotopic (exact) mass is 412 g/mol. The zero-order valence-electron chi connectivity index (χ0n) is 14.9. The molecule has 0 aliphatic carbocycles. The average Bonchev–Trinajstić information content (AvgIpc) is 3.34. The summed E-state index contributed by atoms with van der Waals surface area (Å²) < 4.78 is 25.0. The molecule has 0 aliphatic rings. The van der Waals surface area contributed by atoms with E-state index >= 15 is 0 Å². The number of thiophene rings is 1. The van der Waals surface area contributed by atoms with Gasteiger partial charge in [-0.25, -0.2) is 0 Å². The van der Waals surface area contributed by atoms with Crippen LogP contribution in [0.5, 0.6) is 0 Å². The van der Waals surface area contributed by atoms with Crippen molar-refractivity contribution < 1.29 is 13.6 Å². The van der Waals surface area contributed by atoms with Crippen LogP contribution >= 0.6 is 11.3 Å². The highest BCUT2D eigenvalue weighted by Crippen LogP contribution is 2.22. The number of rotatable bonds is 5. The lowest BCUT2D eigenvalue weighted by Gasteiger charge is -2.09. The molecular formula is C19H16N4O3S2. The number of aromatic nitrogens is 3. The Morgan fingerprint density at radius 3 is 2.64 bits per heavy atom. The zero-order chi connectivity index (χ0) is 19.7. The first-order chi connectivity index (χ1) is 13.4. The third-order valence-electron chi connectivity index (χ3n) is 4.21. The normalized spacial score (nSPS) is 13.4. The fraction of sp³-hybridized carbons (Fsp3) is 0.105. The topological polar surface area (TPSA) is 99.4 Å². The summed E-state index contributed by atoms with van der Waals surface area (Å²) >= 11 is 1.58. The molecule has 1 N–H and O–H groups in total. The van der Waals surface area contributed by atoms with Gasteiger partial charge in [-0.15, -0.1) is 25.7 Å². The maximum absolute atomic E-state index is 12.5. The Hall–Kier alpha value is -2.88. The second-order valence-electron chi connectivity index (χ2n) is 6.23. The van der Waals surface area contributed by atoms with Crippen LogP contribution in [0.2, 0.25) is 0 Å². The summed E-state index contributed by atoms with van der Waals surface area (Å²) in [6, 6.07) is 13.7. The maximum Gasteiger partial charge on any atom is 0.253 e. The fourth-order valence-corrected chi connectivity index (χ4v) is 4.03. The van der Waals surface area contributed by atoms with Gasteiger partial charge in [0.2, 0.25) is 0 Å². The maximum atomic E-state index is 12.5. The van der Waals surface area contributed by atoms with Crippen molar-refractivity contribution in [2.75, 3.05) is 6.26 Å². The number of fused-ring (bicyclic) bond motifs is 1. The smallest absolute Gasteiger partial charge is 0.253 e. The van der Waals surface area contributed by atoms with Crippen LogP contribution in [-0.2, 0) is 21.0 Å². The molecule has 0 saturated heterocycles. The van der Waals surface area contributed by atoms with Gasteiger partial charge in [0.05, 0.1) is 22.3 Å². The van der Waals surface area contributed by atoms with Crippen molar-refractivity contribution in [2.45, 2.75) is 11.4 Å².